The highest BCUT2D eigenvalue weighted by molar-refractivity contribution is 7.18. The Kier molecular flexibility index (Phi) is 4.55. The van der Waals surface area contributed by atoms with Crippen molar-refractivity contribution < 1.29 is 0 Å². The van der Waals surface area contributed by atoms with Gasteiger partial charge in [-0.25, -0.2) is 9.97 Å². The minimum atomic E-state index is 0.661. The number of thiazole rings is 1. The Bertz CT molecular complexity index is 1080. The zero-order valence-electron chi connectivity index (χ0n) is 15.3. The number of rotatable bonds is 3. The van der Waals surface area contributed by atoms with Crippen LogP contribution in [0.1, 0.15) is 30.1 Å². The van der Waals surface area contributed by atoms with Crippen molar-refractivity contribution in [2.24, 2.45) is 0 Å². The van der Waals surface area contributed by atoms with Gasteiger partial charge in [-0.15, -0.1) is 22.7 Å². The summed E-state index contributed by atoms with van der Waals surface area (Å²) in [5, 5.41) is 4.82. The summed E-state index contributed by atoms with van der Waals surface area (Å²) < 4.78 is 1.22. The number of hydrogen-bond acceptors (Lipinski definition) is 6. The zero-order chi connectivity index (χ0) is 18.2. The Labute approximate surface area is 166 Å². The summed E-state index contributed by atoms with van der Waals surface area (Å²) in [5.41, 5.74) is 5.14. The Morgan fingerprint density at radius 1 is 1.11 bits per heavy atom. The molecule has 5 rings (SSSR count). The first-order chi connectivity index (χ1) is 13.3. The van der Waals surface area contributed by atoms with Gasteiger partial charge in [0.1, 0.15) is 4.83 Å². The fraction of sp³-hybridized carbons (Fsp3) is 0.333. The molecule has 3 aromatic heterocycles. The maximum absolute atomic E-state index is 4.64. The molecule has 1 unspecified atom stereocenters. The first kappa shape index (κ1) is 17.1. The van der Waals surface area contributed by atoms with Gasteiger partial charge >= 0.3 is 0 Å². The van der Waals surface area contributed by atoms with E-state index in [0.29, 0.717) is 5.92 Å². The second-order valence-corrected chi connectivity index (χ2v) is 9.27. The van der Waals surface area contributed by atoms with Gasteiger partial charge in [0.25, 0.3) is 0 Å². The third-order valence-corrected chi connectivity index (χ3v) is 7.43. The molecule has 1 fully saturated rings. The Morgan fingerprint density at radius 2 is 2.07 bits per heavy atom. The molecule has 1 atom stereocenters. The van der Waals surface area contributed by atoms with Crippen LogP contribution >= 0.6 is 22.7 Å². The van der Waals surface area contributed by atoms with E-state index in [-0.39, 0.29) is 0 Å². The number of anilines is 2. The fourth-order valence-corrected chi connectivity index (χ4v) is 5.74. The molecule has 0 saturated carbocycles. The molecule has 6 heteroatoms. The predicted molar refractivity (Wildman–Crippen MR) is 117 cm³/mol. The van der Waals surface area contributed by atoms with Crippen LogP contribution in [0.15, 0.2) is 42.0 Å². The molecule has 1 aromatic carbocycles. The molecule has 0 spiro atoms. The number of likely N-dealkylation sites (tertiary alicyclic amines) is 1. The smallest absolute Gasteiger partial charge is 0.125 e. The van der Waals surface area contributed by atoms with Crippen LogP contribution in [0.5, 0.6) is 0 Å². The normalized spacial score (nSPS) is 18.8. The van der Waals surface area contributed by atoms with Gasteiger partial charge in [-0.2, -0.15) is 0 Å². The van der Waals surface area contributed by atoms with E-state index >= 15 is 0 Å². The molecule has 1 saturated heterocycles. The summed E-state index contributed by atoms with van der Waals surface area (Å²) in [4.78, 5) is 14.1. The van der Waals surface area contributed by atoms with Crippen LogP contribution in [0.25, 0.3) is 20.4 Å². The summed E-state index contributed by atoms with van der Waals surface area (Å²) in [5.74, 6) is 0.661. The van der Waals surface area contributed by atoms with Crippen molar-refractivity contribution in [3.63, 3.8) is 0 Å². The van der Waals surface area contributed by atoms with Gasteiger partial charge in [0.05, 0.1) is 21.4 Å². The third-order valence-electron chi connectivity index (χ3n) is 5.42. The van der Waals surface area contributed by atoms with E-state index in [1.807, 2.05) is 23.0 Å². The van der Waals surface area contributed by atoms with Crippen LogP contribution < -0.4 is 5.32 Å². The van der Waals surface area contributed by atoms with Crippen LogP contribution in [0.2, 0.25) is 0 Å². The average molecular weight is 395 g/mol. The first-order valence-corrected chi connectivity index (χ1v) is 11.1. The lowest BCUT2D eigenvalue weighted by atomic mass is 9.98. The highest BCUT2D eigenvalue weighted by Crippen LogP contribution is 2.38. The van der Waals surface area contributed by atoms with E-state index in [0.717, 1.165) is 21.7 Å². The molecular formula is C21H22N4S2. The number of hydrogen-bond donors (Lipinski definition) is 1. The minimum Gasteiger partial charge on any atom is -0.355 e. The SMILES string of the molecule is CN1CCCC(c2cc3c(Nc4ccc5scnc5c4)ccnc3s2)CC1. The minimum absolute atomic E-state index is 0.661. The van der Waals surface area contributed by atoms with Crippen LogP contribution in [0, 0.1) is 0 Å². The molecule has 0 radical (unpaired) electrons. The van der Waals surface area contributed by atoms with Gasteiger partial charge in [0, 0.05) is 22.1 Å². The van der Waals surface area contributed by atoms with Crippen LogP contribution in [-0.4, -0.2) is 35.0 Å². The van der Waals surface area contributed by atoms with Crippen LogP contribution in [0.3, 0.4) is 0 Å². The lowest BCUT2D eigenvalue weighted by molar-refractivity contribution is 0.347. The van der Waals surface area contributed by atoms with Crippen LogP contribution in [-0.2, 0) is 0 Å². The number of pyridine rings is 1. The first-order valence-electron chi connectivity index (χ1n) is 9.43. The van der Waals surface area contributed by atoms with Crippen molar-refractivity contribution in [1.82, 2.24) is 14.9 Å². The topological polar surface area (TPSA) is 41.0 Å². The number of aromatic nitrogens is 2. The van der Waals surface area contributed by atoms with E-state index < -0.39 is 0 Å². The van der Waals surface area contributed by atoms with Crippen molar-refractivity contribution in [3.05, 3.63) is 46.9 Å². The largest absolute Gasteiger partial charge is 0.355 e. The number of thiophene rings is 1. The number of benzene rings is 1. The molecule has 27 heavy (non-hydrogen) atoms. The molecule has 1 N–H and O–H groups in total. The van der Waals surface area contributed by atoms with E-state index in [1.165, 1.54) is 47.3 Å². The highest BCUT2D eigenvalue weighted by Gasteiger charge is 2.19. The van der Waals surface area contributed by atoms with Gasteiger partial charge in [-0.05, 0) is 75.6 Å². The van der Waals surface area contributed by atoms with E-state index in [9.17, 15) is 0 Å². The van der Waals surface area contributed by atoms with Gasteiger partial charge < -0.3 is 10.2 Å². The molecular weight excluding hydrogens is 372 g/mol. The summed E-state index contributed by atoms with van der Waals surface area (Å²) in [6.07, 6.45) is 5.71. The van der Waals surface area contributed by atoms with Gasteiger partial charge in [-0.3, -0.25) is 0 Å². The average Bonchev–Trinajstić information content (AvgIpc) is 3.26. The predicted octanol–water partition coefficient (Wildman–Crippen LogP) is 5.85. The summed E-state index contributed by atoms with van der Waals surface area (Å²) in [6.45, 7) is 2.40. The van der Waals surface area contributed by atoms with Gasteiger partial charge in [-0.1, -0.05) is 0 Å². The van der Waals surface area contributed by atoms with E-state index in [2.05, 4.69) is 57.6 Å². The second-order valence-electron chi connectivity index (χ2n) is 7.32. The molecule has 1 aliphatic rings. The summed E-state index contributed by atoms with van der Waals surface area (Å²) in [6, 6.07) is 10.8. The van der Waals surface area contributed by atoms with Crippen molar-refractivity contribution in [1.29, 1.82) is 0 Å². The van der Waals surface area contributed by atoms with E-state index in [1.54, 1.807) is 11.3 Å². The highest BCUT2D eigenvalue weighted by atomic mass is 32.1. The number of fused-ring (bicyclic) bond motifs is 2. The second kappa shape index (κ2) is 7.19. The summed E-state index contributed by atoms with van der Waals surface area (Å²) >= 11 is 3.54. The molecule has 4 heterocycles. The lowest BCUT2D eigenvalue weighted by Gasteiger charge is -2.13. The molecule has 4 aromatic rings. The fourth-order valence-electron chi connectivity index (χ4n) is 3.88. The number of nitrogens with zero attached hydrogens (tertiary/aromatic N) is 3. The molecule has 1 aliphatic heterocycles. The molecule has 0 amide bonds. The zero-order valence-corrected chi connectivity index (χ0v) is 16.9. The summed E-state index contributed by atoms with van der Waals surface area (Å²) in [7, 11) is 2.23. The third kappa shape index (κ3) is 3.45. The molecule has 4 nitrogen and oxygen atoms in total. The van der Waals surface area contributed by atoms with Crippen molar-refractivity contribution in [2.45, 2.75) is 25.2 Å². The quantitative estimate of drug-likeness (QED) is 0.473. The molecule has 0 aliphatic carbocycles. The monoisotopic (exact) mass is 394 g/mol. The van der Waals surface area contributed by atoms with Gasteiger partial charge in [0.2, 0.25) is 0 Å². The standard InChI is InChI=1S/C21H22N4S2/c1-25-9-2-3-14(7-10-25)20-12-16-17(6-8-22-21(16)27-20)24-15-4-5-19-18(11-15)23-13-26-19/h4-6,8,11-14H,2-3,7,9-10H2,1H3,(H,22,24). The molecule has 0 bridgehead atoms. The Balaban J connectivity index is 1.46. The lowest BCUT2D eigenvalue weighted by Crippen LogP contribution is -2.18. The van der Waals surface area contributed by atoms with Gasteiger partial charge in [0.15, 0.2) is 0 Å². The Morgan fingerprint density at radius 3 is 3.04 bits per heavy atom. The molecule has 138 valence electrons. The number of nitrogens with one attached hydrogen (secondary N) is 1. The van der Waals surface area contributed by atoms with E-state index in [4.69, 9.17) is 0 Å². The van der Waals surface area contributed by atoms with Crippen molar-refractivity contribution in [2.75, 3.05) is 25.5 Å². The Hall–Kier alpha value is -2.02. The maximum Gasteiger partial charge on any atom is 0.125 e. The van der Waals surface area contributed by atoms with Crippen molar-refractivity contribution >= 4 is 54.5 Å². The maximum atomic E-state index is 4.64. The van der Waals surface area contributed by atoms with Crippen molar-refractivity contribution in [3.8, 4) is 0 Å². The van der Waals surface area contributed by atoms with Crippen LogP contribution in [0.4, 0.5) is 11.4 Å².